The number of hydrogen-bond donors (Lipinski definition) is 1. The second-order valence-corrected chi connectivity index (χ2v) is 5.68. The van der Waals surface area contributed by atoms with Gasteiger partial charge in [0.2, 0.25) is 5.60 Å². The van der Waals surface area contributed by atoms with Crippen LogP contribution in [0.3, 0.4) is 0 Å². The van der Waals surface area contributed by atoms with Crippen molar-refractivity contribution < 1.29 is 19.1 Å². The molecule has 0 aliphatic carbocycles. The summed E-state index contributed by atoms with van der Waals surface area (Å²) < 4.78 is 6.09. The van der Waals surface area contributed by atoms with Gasteiger partial charge in [-0.25, -0.2) is 0 Å². The maximum Gasteiger partial charge on any atom is 0.304 e. The molecule has 5 nitrogen and oxygen atoms in total. The first-order chi connectivity index (χ1) is 9.35. The number of Topliss-reactive ketones (excluding diaryl/α,β-unsaturated/α-hetero) is 1. The van der Waals surface area contributed by atoms with Crippen molar-refractivity contribution >= 4 is 39.3 Å². The number of anilines is 1. The third kappa shape index (κ3) is 2.60. The second-order valence-electron chi connectivity index (χ2n) is 4.77. The summed E-state index contributed by atoms with van der Waals surface area (Å²) in [5.41, 5.74) is -0.243. The molecule has 0 bridgehead atoms. The molecule has 20 heavy (non-hydrogen) atoms. The molecule has 1 aliphatic rings. The number of hydrogen-bond acceptors (Lipinski definition) is 4. The third-order valence-electron chi connectivity index (χ3n) is 3.18. The molecule has 1 aromatic rings. The minimum Gasteiger partial charge on any atom is -0.444 e. The van der Waals surface area contributed by atoms with Crippen LogP contribution in [0.5, 0.6) is 0 Å². The molecule has 2 rings (SSSR count). The molecule has 106 valence electrons. The fraction of sp³-hybridized carbons (Fsp3) is 0.357. The lowest BCUT2D eigenvalue weighted by atomic mass is 9.89. The highest BCUT2D eigenvalue weighted by molar-refractivity contribution is 9.10. The SMILES string of the molecule is CC(=O)CCC1(OC(C)=O)C(=O)Nc2ccc(Br)cc21. The molecule has 0 spiro atoms. The van der Waals surface area contributed by atoms with Crippen LogP contribution in [-0.4, -0.2) is 17.7 Å². The molecule has 1 aliphatic heterocycles. The van der Waals surface area contributed by atoms with Crippen LogP contribution < -0.4 is 5.32 Å². The number of halogens is 1. The van der Waals surface area contributed by atoms with Gasteiger partial charge in [-0.05, 0) is 25.1 Å². The van der Waals surface area contributed by atoms with E-state index in [4.69, 9.17) is 4.74 Å². The third-order valence-corrected chi connectivity index (χ3v) is 3.67. The lowest BCUT2D eigenvalue weighted by molar-refractivity contribution is -0.166. The Hall–Kier alpha value is -1.69. The predicted octanol–water partition coefficient (Wildman–Crippen LogP) is 2.53. The highest BCUT2D eigenvalue weighted by Gasteiger charge is 2.49. The molecule has 1 aromatic carbocycles. The van der Waals surface area contributed by atoms with Crippen LogP contribution in [-0.2, 0) is 24.7 Å². The number of carbonyl (C=O) groups is 3. The van der Waals surface area contributed by atoms with Gasteiger partial charge in [0.05, 0.1) is 0 Å². The van der Waals surface area contributed by atoms with Crippen molar-refractivity contribution in [2.45, 2.75) is 32.3 Å². The van der Waals surface area contributed by atoms with Crippen molar-refractivity contribution in [3.05, 3.63) is 28.2 Å². The van der Waals surface area contributed by atoms with E-state index >= 15 is 0 Å². The van der Waals surface area contributed by atoms with E-state index in [2.05, 4.69) is 21.2 Å². The van der Waals surface area contributed by atoms with Gasteiger partial charge in [0, 0.05) is 35.5 Å². The summed E-state index contributed by atoms with van der Waals surface area (Å²) in [4.78, 5) is 34.9. The summed E-state index contributed by atoms with van der Waals surface area (Å²) in [6.07, 6.45) is 0.295. The number of esters is 1. The Labute approximate surface area is 124 Å². The molecular weight excluding hydrogens is 326 g/mol. The topological polar surface area (TPSA) is 72.5 Å². The lowest BCUT2D eigenvalue weighted by Crippen LogP contribution is -2.39. The van der Waals surface area contributed by atoms with E-state index in [1.807, 2.05) is 0 Å². The quantitative estimate of drug-likeness (QED) is 0.855. The molecule has 0 aromatic heterocycles. The molecule has 0 saturated carbocycles. The predicted molar refractivity (Wildman–Crippen MR) is 76.1 cm³/mol. The van der Waals surface area contributed by atoms with Crippen LogP contribution in [0.2, 0.25) is 0 Å². The smallest absolute Gasteiger partial charge is 0.304 e. The summed E-state index contributed by atoms with van der Waals surface area (Å²) in [5.74, 6) is -1.04. The number of carbonyl (C=O) groups excluding carboxylic acids is 3. The van der Waals surface area contributed by atoms with Gasteiger partial charge in [0.1, 0.15) is 5.78 Å². The number of amides is 1. The average molecular weight is 340 g/mol. The molecule has 1 unspecified atom stereocenters. The Morgan fingerprint density at radius 1 is 1.35 bits per heavy atom. The molecule has 0 saturated heterocycles. The van der Waals surface area contributed by atoms with Crippen molar-refractivity contribution in [2.24, 2.45) is 0 Å². The van der Waals surface area contributed by atoms with Crippen molar-refractivity contribution in [1.29, 1.82) is 0 Å². The van der Waals surface area contributed by atoms with Gasteiger partial charge in [0.15, 0.2) is 0 Å². The molecule has 0 radical (unpaired) electrons. The van der Waals surface area contributed by atoms with Gasteiger partial charge < -0.3 is 14.8 Å². The molecular formula is C14H14BrNO4. The Morgan fingerprint density at radius 3 is 2.65 bits per heavy atom. The van der Waals surface area contributed by atoms with Gasteiger partial charge in [-0.3, -0.25) is 9.59 Å². The fourth-order valence-electron chi connectivity index (χ4n) is 2.30. The summed E-state index contributed by atoms with van der Waals surface area (Å²) >= 11 is 3.34. The summed E-state index contributed by atoms with van der Waals surface area (Å²) in [6.45, 7) is 2.69. The number of nitrogens with one attached hydrogen (secondary N) is 1. The first kappa shape index (κ1) is 14.7. The Kier molecular flexibility index (Phi) is 3.94. The van der Waals surface area contributed by atoms with Crippen LogP contribution in [0.1, 0.15) is 32.3 Å². The van der Waals surface area contributed by atoms with Gasteiger partial charge in [-0.2, -0.15) is 0 Å². The largest absolute Gasteiger partial charge is 0.444 e. The van der Waals surface area contributed by atoms with Crippen LogP contribution in [0.15, 0.2) is 22.7 Å². The number of ether oxygens (including phenoxy) is 1. The van der Waals surface area contributed by atoms with Crippen molar-refractivity contribution in [2.75, 3.05) is 5.32 Å². The Morgan fingerprint density at radius 2 is 2.05 bits per heavy atom. The van der Waals surface area contributed by atoms with E-state index < -0.39 is 17.5 Å². The first-order valence-corrected chi connectivity index (χ1v) is 6.95. The first-order valence-electron chi connectivity index (χ1n) is 6.15. The van der Waals surface area contributed by atoms with E-state index in [1.54, 1.807) is 18.2 Å². The van der Waals surface area contributed by atoms with Crippen molar-refractivity contribution in [3.8, 4) is 0 Å². The molecule has 1 amide bonds. The highest BCUT2D eigenvalue weighted by atomic mass is 79.9. The zero-order valence-corrected chi connectivity index (χ0v) is 12.7. The minimum atomic E-state index is -1.42. The standard InChI is InChI=1S/C14H14BrNO4/c1-8(17)5-6-14(20-9(2)18)11-7-10(15)3-4-12(11)16-13(14)19/h3-4,7H,5-6H2,1-2H3,(H,16,19). The maximum atomic E-state index is 12.3. The monoisotopic (exact) mass is 339 g/mol. The molecule has 1 atom stereocenters. The summed E-state index contributed by atoms with van der Waals surface area (Å²) in [5, 5.41) is 2.70. The maximum absolute atomic E-state index is 12.3. The number of ketones is 1. The van der Waals surface area contributed by atoms with E-state index in [9.17, 15) is 14.4 Å². The zero-order valence-electron chi connectivity index (χ0n) is 11.2. The van der Waals surface area contributed by atoms with Crippen LogP contribution in [0, 0.1) is 0 Å². The fourth-order valence-corrected chi connectivity index (χ4v) is 2.66. The van der Waals surface area contributed by atoms with Crippen molar-refractivity contribution in [3.63, 3.8) is 0 Å². The van der Waals surface area contributed by atoms with Crippen molar-refractivity contribution in [1.82, 2.24) is 0 Å². The lowest BCUT2D eigenvalue weighted by Gasteiger charge is -2.26. The highest BCUT2D eigenvalue weighted by Crippen LogP contribution is 2.43. The van der Waals surface area contributed by atoms with E-state index in [1.165, 1.54) is 13.8 Å². The second kappa shape index (κ2) is 5.36. The molecule has 6 heteroatoms. The summed E-state index contributed by atoms with van der Waals surface area (Å²) in [7, 11) is 0. The number of rotatable bonds is 4. The molecule has 0 fully saturated rings. The van der Waals surface area contributed by atoms with Gasteiger partial charge in [-0.15, -0.1) is 0 Å². The summed E-state index contributed by atoms with van der Waals surface area (Å²) in [6, 6.07) is 5.25. The van der Waals surface area contributed by atoms with Crippen LogP contribution >= 0.6 is 15.9 Å². The molecule has 1 heterocycles. The normalized spacial score (nSPS) is 20.2. The van der Waals surface area contributed by atoms with E-state index in [0.29, 0.717) is 11.3 Å². The number of benzene rings is 1. The van der Waals surface area contributed by atoms with E-state index in [-0.39, 0.29) is 18.6 Å². The Balaban J connectivity index is 2.50. The van der Waals surface area contributed by atoms with Gasteiger partial charge in [0.25, 0.3) is 5.91 Å². The van der Waals surface area contributed by atoms with Crippen LogP contribution in [0.4, 0.5) is 5.69 Å². The zero-order chi connectivity index (χ0) is 14.9. The van der Waals surface area contributed by atoms with Gasteiger partial charge in [-0.1, -0.05) is 15.9 Å². The minimum absolute atomic E-state index is 0.0622. The Bertz CT molecular complexity index is 599. The van der Waals surface area contributed by atoms with E-state index in [0.717, 1.165) is 4.47 Å². The average Bonchev–Trinajstić information content (AvgIpc) is 2.60. The van der Waals surface area contributed by atoms with Crippen LogP contribution in [0.25, 0.3) is 0 Å². The van der Waals surface area contributed by atoms with Gasteiger partial charge >= 0.3 is 5.97 Å². The number of fused-ring (bicyclic) bond motifs is 1. The molecule has 1 N–H and O–H groups in total.